The lowest BCUT2D eigenvalue weighted by Gasteiger charge is -2.12. The molecule has 0 N–H and O–H groups in total. The van der Waals surface area contributed by atoms with Crippen LogP contribution in [0.3, 0.4) is 0 Å². The summed E-state index contributed by atoms with van der Waals surface area (Å²) >= 11 is 0. The quantitative estimate of drug-likeness (QED) is 0.230. The number of benzene rings is 2. The van der Waals surface area contributed by atoms with Crippen LogP contribution in [0.1, 0.15) is 63.9 Å². The lowest BCUT2D eigenvalue weighted by molar-refractivity contribution is 0.0854. The normalized spacial score (nSPS) is 17.0. The minimum Gasteiger partial charge on any atom is -0.491 e. The fourth-order valence-corrected chi connectivity index (χ4v) is 4.20. The molecular weight excluding hydrogens is 564 g/mol. The average molecular weight is 599 g/mol. The molecule has 44 heavy (non-hydrogen) atoms. The molecule has 4 aromatic rings. The summed E-state index contributed by atoms with van der Waals surface area (Å²) in [4.78, 5) is 26.4. The van der Waals surface area contributed by atoms with Gasteiger partial charge in [-0.15, -0.1) is 0 Å². The number of oxime groups is 2. The Balaban J connectivity index is 0.000000175. The summed E-state index contributed by atoms with van der Waals surface area (Å²) in [7, 11) is 0. The molecule has 0 amide bonds. The molecule has 4 heterocycles. The highest BCUT2D eigenvalue weighted by Crippen LogP contribution is 2.30. The first-order valence-electron chi connectivity index (χ1n) is 14.3. The minimum atomic E-state index is -0.146. The zero-order valence-electron chi connectivity index (χ0n) is 24.9. The van der Waals surface area contributed by atoms with E-state index < -0.39 is 0 Å². The Morgan fingerprint density at radius 2 is 0.909 bits per heavy atom. The highest BCUT2D eigenvalue weighted by Gasteiger charge is 2.26. The second-order valence-electron chi connectivity index (χ2n) is 10.4. The van der Waals surface area contributed by atoms with E-state index in [-0.39, 0.29) is 24.4 Å². The summed E-state index contributed by atoms with van der Waals surface area (Å²) in [6.45, 7) is 8.00. The number of rotatable bonds is 8. The molecule has 228 valence electrons. The maximum Gasteiger partial charge on any atom is 0.235 e. The van der Waals surface area contributed by atoms with Gasteiger partial charge in [0.2, 0.25) is 11.8 Å². The van der Waals surface area contributed by atoms with Crippen LogP contribution in [0.4, 0.5) is 0 Å². The summed E-state index contributed by atoms with van der Waals surface area (Å²) in [5.74, 6) is 3.81. The molecule has 0 radical (unpaired) electrons. The molecule has 2 aromatic carbocycles. The molecule has 2 aromatic heterocycles. The van der Waals surface area contributed by atoms with Gasteiger partial charge in [-0.2, -0.15) is 0 Å². The van der Waals surface area contributed by atoms with Gasteiger partial charge in [0.1, 0.15) is 24.2 Å². The third-order valence-electron chi connectivity index (χ3n) is 6.08. The molecule has 0 aliphatic carbocycles. The van der Waals surface area contributed by atoms with Crippen LogP contribution in [0.2, 0.25) is 0 Å². The summed E-state index contributed by atoms with van der Waals surface area (Å²) < 4.78 is 22.4. The van der Waals surface area contributed by atoms with Gasteiger partial charge in [0, 0.05) is 0 Å². The van der Waals surface area contributed by atoms with Gasteiger partial charge in [-0.1, -0.05) is 34.6 Å². The van der Waals surface area contributed by atoms with E-state index in [1.165, 1.54) is 12.7 Å². The molecule has 2 atom stereocenters. The van der Waals surface area contributed by atoms with E-state index in [1.54, 1.807) is 24.8 Å². The van der Waals surface area contributed by atoms with Crippen molar-refractivity contribution in [2.45, 2.75) is 65.0 Å². The average Bonchev–Trinajstić information content (AvgIpc) is 3.69. The van der Waals surface area contributed by atoms with Crippen molar-refractivity contribution in [1.82, 2.24) is 19.9 Å². The van der Waals surface area contributed by atoms with E-state index in [1.807, 2.05) is 76.2 Å². The van der Waals surface area contributed by atoms with Crippen LogP contribution >= 0.6 is 0 Å². The molecule has 12 heteroatoms. The number of hydrogen-bond acceptors (Lipinski definition) is 12. The van der Waals surface area contributed by atoms with E-state index in [0.717, 1.165) is 22.6 Å². The number of aromatic nitrogens is 4. The molecule has 0 saturated heterocycles. The molecule has 0 spiro atoms. The molecule has 0 fully saturated rings. The van der Waals surface area contributed by atoms with Crippen molar-refractivity contribution < 1.29 is 28.6 Å². The molecule has 2 aliphatic heterocycles. The van der Waals surface area contributed by atoms with Crippen molar-refractivity contribution >= 4 is 11.8 Å². The van der Waals surface area contributed by atoms with E-state index in [2.05, 4.69) is 30.2 Å². The lowest BCUT2D eigenvalue weighted by atomic mass is 10.1. The van der Waals surface area contributed by atoms with Gasteiger partial charge in [-0.3, -0.25) is 0 Å². The van der Waals surface area contributed by atoms with Gasteiger partial charge in [-0.25, -0.2) is 19.9 Å². The first-order chi connectivity index (χ1) is 21.4. The van der Waals surface area contributed by atoms with E-state index in [9.17, 15) is 0 Å². The van der Waals surface area contributed by atoms with Crippen molar-refractivity contribution in [1.29, 1.82) is 0 Å². The maximum absolute atomic E-state index is 5.62. The second kappa shape index (κ2) is 14.8. The van der Waals surface area contributed by atoms with Gasteiger partial charge in [0.25, 0.3) is 0 Å². The zero-order chi connectivity index (χ0) is 30.7. The van der Waals surface area contributed by atoms with Crippen LogP contribution in [0.5, 0.6) is 23.0 Å². The molecule has 0 saturated carbocycles. The van der Waals surface area contributed by atoms with Gasteiger partial charge in [0.05, 0.1) is 49.8 Å². The van der Waals surface area contributed by atoms with E-state index in [4.69, 9.17) is 28.6 Å². The first-order valence-corrected chi connectivity index (χ1v) is 14.3. The van der Waals surface area contributed by atoms with Crippen molar-refractivity contribution in [3.63, 3.8) is 0 Å². The first kappa shape index (κ1) is 30.2. The van der Waals surface area contributed by atoms with Crippen LogP contribution in [0.25, 0.3) is 0 Å². The van der Waals surface area contributed by atoms with Crippen molar-refractivity contribution in [2.75, 3.05) is 0 Å². The Hall–Kier alpha value is -5.26. The summed E-state index contributed by atoms with van der Waals surface area (Å²) in [5, 5.41) is 7.93. The zero-order valence-corrected chi connectivity index (χ0v) is 24.9. The predicted octanol–water partition coefficient (Wildman–Crippen LogP) is 6.24. The smallest absolute Gasteiger partial charge is 0.235 e. The largest absolute Gasteiger partial charge is 0.491 e. The standard InChI is InChI=1S/2C16H17N3O3/c2*1-11(2)20-13-5-3-12(4-6-13)15-7-16(19-22-15)21-14-8-17-10-18-9-14/h2*3-6,8-11,15H,7H2,1-2H3/t2*15-/m10/s1. The van der Waals surface area contributed by atoms with Crippen LogP contribution in [0, 0.1) is 0 Å². The fraction of sp³-hybridized carbons (Fsp3) is 0.312. The third kappa shape index (κ3) is 8.87. The third-order valence-corrected chi connectivity index (χ3v) is 6.08. The highest BCUT2D eigenvalue weighted by atomic mass is 16.7. The Morgan fingerprint density at radius 3 is 1.25 bits per heavy atom. The summed E-state index contributed by atoms with van der Waals surface area (Å²) in [6.07, 6.45) is 10.4. The SMILES string of the molecule is CC(C)Oc1ccc([C@@H]2CC(Oc3cncnc3)=NO2)cc1.CC(C)Oc1ccc([C@H]2CC(Oc3cncnc3)=NO2)cc1. The van der Waals surface area contributed by atoms with Gasteiger partial charge < -0.3 is 28.6 Å². The van der Waals surface area contributed by atoms with Crippen LogP contribution in [-0.4, -0.2) is 43.9 Å². The number of hydrogen-bond donors (Lipinski definition) is 0. The van der Waals surface area contributed by atoms with Gasteiger partial charge in [-0.05, 0) is 63.1 Å². The van der Waals surface area contributed by atoms with Crippen LogP contribution in [-0.2, 0) is 9.68 Å². The Morgan fingerprint density at radius 1 is 0.545 bits per heavy atom. The lowest BCUT2D eigenvalue weighted by Crippen LogP contribution is -2.08. The molecule has 6 rings (SSSR count). The van der Waals surface area contributed by atoms with Crippen molar-refractivity contribution in [2.24, 2.45) is 10.3 Å². The molecule has 12 nitrogen and oxygen atoms in total. The molecule has 0 bridgehead atoms. The topological polar surface area (TPSA) is 132 Å². The van der Waals surface area contributed by atoms with Crippen molar-refractivity contribution in [3.8, 4) is 23.0 Å². The fourth-order valence-electron chi connectivity index (χ4n) is 4.20. The number of nitrogens with zero attached hydrogens (tertiary/aromatic N) is 6. The molecule has 0 unspecified atom stereocenters. The minimum absolute atomic E-state index is 0.146. The summed E-state index contributed by atoms with van der Waals surface area (Å²) in [6, 6.07) is 15.6. The molecular formula is C32H34N6O6. The van der Waals surface area contributed by atoms with Gasteiger partial charge >= 0.3 is 0 Å². The van der Waals surface area contributed by atoms with Gasteiger partial charge in [0.15, 0.2) is 23.7 Å². The molecule has 2 aliphatic rings. The Labute approximate surface area is 255 Å². The maximum atomic E-state index is 5.62. The summed E-state index contributed by atoms with van der Waals surface area (Å²) in [5.41, 5.74) is 2.06. The Kier molecular flexibility index (Phi) is 10.1. The Bertz CT molecular complexity index is 1400. The number of ether oxygens (including phenoxy) is 4. The van der Waals surface area contributed by atoms with Crippen LogP contribution in [0.15, 0.2) is 96.3 Å². The van der Waals surface area contributed by atoms with E-state index in [0.29, 0.717) is 36.1 Å². The van der Waals surface area contributed by atoms with E-state index >= 15 is 0 Å². The van der Waals surface area contributed by atoms with Crippen LogP contribution < -0.4 is 18.9 Å². The predicted molar refractivity (Wildman–Crippen MR) is 161 cm³/mol. The highest BCUT2D eigenvalue weighted by molar-refractivity contribution is 5.80. The second-order valence-corrected chi connectivity index (χ2v) is 10.4. The van der Waals surface area contributed by atoms with Crippen molar-refractivity contribution in [3.05, 3.63) is 97.1 Å². The monoisotopic (exact) mass is 598 g/mol.